The van der Waals surface area contributed by atoms with E-state index in [1.54, 1.807) is 11.3 Å². The molecule has 1 atom stereocenters. The number of hydrogen-bond acceptors (Lipinski definition) is 3. The molecule has 0 saturated carbocycles. The molecule has 0 aliphatic heterocycles. The van der Waals surface area contributed by atoms with Crippen molar-refractivity contribution in [3.8, 4) is 0 Å². The third-order valence-electron chi connectivity index (χ3n) is 2.89. The topological polar surface area (TPSA) is 32.3 Å². The number of nitrogens with one attached hydrogen (secondary N) is 1. The Labute approximate surface area is 120 Å². The molecule has 4 heteroatoms. The first kappa shape index (κ1) is 13.7. The van der Waals surface area contributed by atoms with E-state index in [1.807, 2.05) is 22.9 Å². The molecule has 2 rings (SSSR count). The summed E-state index contributed by atoms with van der Waals surface area (Å²) in [4.78, 5) is 0. The van der Waals surface area contributed by atoms with Crippen molar-refractivity contribution in [1.29, 1.82) is 0 Å². The minimum Gasteiger partial charge on any atom is -0.387 e. The van der Waals surface area contributed by atoms with Crippen molar-refractivity contribution in [2.45, 2.75) is 19.6 Å². The van der Waals surface area contributed by atoms with Gasteiger partial charge in [0.25, 0.3) is 0 Å². The van der Waals surface area contributed by atoms with E-state index in [-0.39, 0.29) is 0 Å². The predicted octanol–water partition coefficient (Wildman–Crippen LogP) is 3.64. The summed E-state index contributed by atoms with van der Waals surface area (Å²) < 4.78 is 1.10. The molecule has 0 bridgehead atoms. The summed E-state index contributed by atoms with van der Waals surface area (Å²) in [6, 6.07) is 8.21. The Hall–Kier alpha value is -0.680. The van der Waals surface area contributed by atoms with Crippen LogP contribution in [0.1, 0.15) is 22.8 Å². The van der Waals surface area contributed by atoms with Crippen LogP contribution in [0.15, 0.2) is 39.5 Å². The van der Waals surface area contributed by atoms with Crippen LogP contribution >= 0.6 is 27.3 Å². The zero-order valence-corrected chi connectivity index (χ0v) is 12.6. The fraction of sp³-hybridized carbons (Fsp3) is 0.286. The van der Waals surface area contributed by atoms with Gasteiger partial charge >= 0.3 is 0 Å². The van der Waals surface area contributed by atoms with E-state index in [0.29, 0.717) is 6.54 Å². The molecule has 1 heterocycles. The molecule has 2 N–H and O–H groups in total. The molecule has 0 fully saturated rings. The first-order chi connectivity index (χ1) is 8.66. The van der Waals surface area contributed by atoms with Crippen molar-refractivity contribution in [1.82, 2.24) is 5.32 Å². The van der Waals surface area contributed by atoms with Crippen molar-refractivity contribution in [3.05, 3.63) is 56.2 Å². The van der Waals surface area contributed by atoms with Gasteiger partial charge in [-0.2, -0.15) is 11.3 Å². The molecule has 1 aromatic carbocycles. The van der Waals surface area contributed by atoms with Crippen LogP contribution in [0, 0.1) is 6.92 Å². The third kappa shape index (κ3) is 3.65. The number of thiophene rings is 1. The van der Waals surface area contributed by atoms with Gasteiger partial charge in [-0.25, -0.2) is 0 Å². The van der Waals surface area contributed by atoms with Crippen LogP contribution in [0.3, 0.4) is 0 Å². The van der Waals surface area contributed by atoms with E-state index in [0.717, 1.165) is 16.6 Å². The average Bonchev–Trinajstić information content (AvgIpc) is 2.85. The van der Waals surface area contributed by atoms with E-state index >= 15 is 0 Å². The smallest absolute Gasteiger partial charge is 0.0922 e. The van der Waals surface area contributed by atoms with Gasteiger partial charge < -0.3 is 10.4 Å². The number of hydrogen-bond donors (Lipinski definition) is 2. The monoisotopic (exact) mass is 325 g/mol. The second kappa shape index (κ2) is 6.48. The fourth-order valence-corrected chi connectivity index (χ4v) is 2.97. The summed E-state index contributed by atoms with van der Waals surface area (Å²) in [5.74, 6) is 0. The summed E-state index contributed by atoms with van der Waals surface area (Å²) in [6.45, 7) is 3.45. The highest BCUT2D eigenvalue weighted by Crippen LogP contribution is 2.17. The van der Waals surface area contributed by atoms with Gasteiger partial charge in [0.05, 0.1) is 6.10 Å². The Morgan fingerprint density at radius 1 is 1.39 bits per heavy atom. The summed E-state index contributed by atoms with van der Waals surface area (Å²) in [7, 11) is 0. The molecule has 0 spiro atoms. The van der Waals surface area contributed by atoms with Crippen molar-refractivity contribution in [2.24, 2.45) is 0 Å². The van der Waals surface area contributed by atoms with Crippen molar-refractivity contribution in [2.75, 3.05) is 6.54 Å². The van der Waals surface area contributed by atoms with Crippen LogP contribution in [0.25, 0.3) is 0 Å². The summed E-state index contributed by atoms with van der Waals surface area (Å²) in [5, 5.41) is 17.2. The first-order valence-corrected chi connectivity index (χ1v) is 7.56. The van der Waals surface area contributed by atoms with Crippen LogP contribution < -0.4 is 5.32 Å². The summed E-state index contributed by atoms with van der Waals surface area (Å²) >= 11 is 5.06. The molecule has 96 valence electrons. The van der Waals surface area contributed by atoms with E-state index < -0.39 is 6.10 Å². The van der Waals surface area contributed by atoms with Gasteiger partial charge in [0.1, 0.15) is 0 Å². The van der Waals surface area contributed by atoms with Gasteiger partial charge in [0, 0.05) is 17.6 Å². The number of rotatable bonds is 5. The lowest BCUT2D eigenvalue weighted by Crippen LogP contribution is -2.21. The molecule has 0 aliphatic carbocycles. The molecule has 0 saturated heterocycles. The molecule has 2 aromatic rings. The molecule has 0 amide bonds. The zero-order valence-electron chi connectivity index (χ0n) is 10.2. The number of halogens is 1. The van der Waals surface area contributed by atoms with Gasteiger partial charge in [-0.05, 0) is 52.6 Å². The molecule has 1 aromatic heterocycles. The maximum atomic E-state index is 9.94. The van der Waals surface area contributed by atoms with Gasteiger partial charge in [-0.3, -0.25) is 0 Å². The maximum Gasteiger partial charge on any atom is 0.0922 e. The van der Waals surface area contributed by atoms with E-state index in [2.05, 4.69) is 40.3 Å². The summed E-state index contributed by atoms with van der Waals surface area (Å²) in [6.07, 6.45) is -0.424. The van der Waals surface area contributed by atoms with Crippen LogP contribution in [-0.2, 0) is 6.54 Å². The van der Waals surface area contributed by atoms with Gasteiger partial charge in [-0.15, -0.1) is 0 Å². The number of aliphatic hydroxyl groups is 1. The fourth-order valence-electron chi connectivity index (χ4n) is 1.78. The molecular weight excluding hydrogens is 310 g/mol. The molecule has 18 heavy (non-hydrogen) atoms. The average molecular weight is 326 g/mol. The molecule has 2 nitrogen and oxygen atoms in total. The van der Waals surface area contributed by atoms with Crippen LogP contribution in [0.4, 0.5) is 0 Å². The standard InChI is InChI=1S/C14H16BrNOS/c1-10-6-13(15)3-2-11(10)7-16-8-14(17)12-4-5-18-9-12/h2-6,9,14,16-17H,7-8H2,1H3. The normalized spacial score (nSPS) is 12.6. The van der Waals surface area contributed by atoms with E-state index in [1.165, 1.54) is 11.1 Å². The minimum absolute atomic E-state index is 0.424. The Morgan fingerprint density at radius 2 is 2.22 bits per heavy atom. The highest BCUT2D eigenvalue weighted by molar-refractivity contribution is 9.10. The lowest BCUT2D eigenvalue weighted by Gasteiger charge is -2.12. The van der Waals surface area contributed by atoms with Crippen molar-refractivity contribution >= 4 is 27.3 Å². The lowest BCUT2D eigenvalue weighted by molar-refractivity contribution is 0.175. The lowest BCUT2D eigenvalue weighted by atomic mass is 10.1. The molecule has 1 unspecified atom stereocenters. The number of aliphatic hydroxyl groups excluding tert-OH is 1. The molecule has 0 aliphatic rings. The maximum absolute atomic E-state index is 9.94. The quantitative estimate of drug-likeness (QED) is 0.879. The third-order valence-corrected chi connectivity index (χ3v) is 4.08. The first-order valence-electron chi connectivity index (χ1n) is 5.82. The second-order valence-electron chi connectivity index (χ2n) is 4.27. The Bertz CT molecular complexity index is 499. The molecule has 0 radical (unpaired) electrons. The van der Waals surface area contributed by atoms with Gasteiger partial charge in [-0.1, -0.05) is 22.0 Å². The zero-order chi connectivity index (χ0) is 13.0. The highest BCUT2D eigenvalue weighted by Gasteiger charge is 2.07. The van der Waals surface area contributed by atoms with E-state index in [9.17, 15) is 5.11 Å². The SMILES string of the molecule is Cc1cc(Br)ccc1CNCC(O)c1ccsc1. The van der Waals surface area contributed by atoms with Crippen molar-refractivity contribution < 1.29 is 5.11 Å². The Kier molecular flexibility index (Phi) is 4.95. The number of aryl methyl sites for hydroxylation is 1. The Morgan fingerprint density at radius 3 is 2.89 bits per heavy atom. The van der Waals surface area contributed by atoms with Crippen LogP contribution in [0.2, 0.25) is 0 Å². The number of benzene rings is 1. The van der Waals surface area contributed by atoms with E-state index in [4.69, 9.17) is 0 Å². The minimum atomic E-state index is -0.424. The van der Waals surface area contributed by atoms with Crippen LogP contribution in [0.5, 0.6) is 0 Å². The largest absolute Gasteiger partial charge is 0.387 e. The second-order valence-corrected chi connectivity index (χ2v) is 5.97. The van der Waals surface area contributed by atoms with Gasteiger partial charge in [0.15, 0.2) is 0 Å². The van der Waals surface area contributed by atoms with Gasteiger partial charge in [0.2, 0.25) is 0 Å². The molecular formula is C14H16BrNOS. The van der Waals surface area contributed by atoms with Crippen molar-refractivity contribution in [3.63, 3.8) is 0 Å². The van der Waals surface area contributed by atoms with Crippen LogP contribution in [-0.4, -0.2) is 11.7 Å². The summed E-state index contributed by atoms with van der Waals surface area (Å²) in [5.41, 5.74) is 3.50. The highest BCUT2D eigenvalue weighted by atomic mass is 79.9. The Balaban J connectivity index is 1.85. The predicted molar refractivity (Wildman–Crippen MR) is 79.9 cm³/mol.